The maximum Gasteiger partial charge on any atom is 0.480 e. The molecule has 0 aromatic heterocycles. The minimum absolute atomic E-state index is 1.29. The van der Waals surface area contributed by atoms with Crippen LogP contribution in [-0.2, 0) is 118 Å². The summed E-state index contributed by atoms with van der Waals surface area (Å²) in [5, 5.41) is 0. The largest absolute Gasteiger partial charge is 0.480 e. The topological polar surface area (TPSA) is 779 Å². The smallest absolute Gasteiger partial charge is 0.303 e. The number of phosphoric ester groups is 11. The molecule has 8 atom stereocenters. The van der Waals surface area contributed by atoms with Crippen LogP contribution in [0.15, 0.2) is 0 Å². The summed E-state index contributed by atoms with van der Waals surface area (Å²) in [7, 11) is -68.5. The van der Waals surface area contributed by atoms with Crippen molar-refractivity contribution in [3.63, 3.8) is 0 Å². The normalized spacial score (nSPS) is 28.9. The van der Waals surface area contributed by atoms with Crippen LogP contribution in [0.3, 0.4) is 0 Å². The lowest BCUT2D eigenvalue weighted by molar-refractivity contribution is -0.202. The Bertz CT molecular complexity index is 2180. The van der Waals surface area contributed by atoms with E-state index in [2.05, 4.69) is 58.4 Å². The molecule has 0 radical (unpaired) electrons. The zero-order valence-electron chi connectivity index (χ0n) is 33.9. The Labute approximate surface area is 410 Å². The molecule has 0 bridgehead atoms. The molecule has 0 heterocycles. The van der Waals surface area contributed by atoms with Gasteiger partial charge in [-0.3, -0.25) is 62.9 Å². The van der Waals surface area contributed by atoms with Crippen LogP contribution in [0.1, 0.15) is 0 Å². The van der Waals surface area contributed by atoms with Crippen molar-refractivity contribution in [2.45, 2.75) is 73.2 Å². The van der Waals surface area contributed by atoms with E-state index in [0.29, 0.717) is 0 Å². The van der Waals surface area contributed by atoms with E-state index in [1.54, 1.807) is 0 Å². The van der Waals surface area contributed by atoms with E-state index in [9.17, 15) is 104 Å². The Morgan fingerprint density at radius 2 is 0.270 bits per heavy atom. The van der Waals surface area contributed by atoms with E-state index in [1.165, 1.54) is 18.9 Å². The Morgan fingerprint density at radius 3 is 0.338 bits per heavy atom. The minimum Gasteiger partial charge on any atom is -0.303 e. The van der Waals surface area contributed by atoms with Crippen molar-refractivity contribution < 1.29 is 225 Å². The van der Waals surface area contributed by atoms with Gasteiger partial charge in [0.05, 0.1) is 0 Å². The van der Waals surface area contributed by atoms with Gasteiger partial charge in [0, 0.05) is 18.9 Å². The highest BCUT2D eigenvalue weighted by Gasteiger charge is 2.65. The number of rotatable bonds is 26. The summed E-state index contributed by atoms with van der Waals surface area (Å²) in [6.07, 6.45) is -36.9. The van der Waals surface area contributed by atoms with Gasteiger partial charge in [-0.25, -0.2) is 54.8 Å². The second kappa shape index (κ2) is 26.8. The highest BCUT2D eigenvalue weighted by Crippen LogP contribution is 2.62. The van der Waals surface area contributed by atoms with Crippen LogP contribution in [-0.4, -0.2) is 181 Å². The van der Waals surface area contributed by atoms with Crippen LogP contribution < -0.4 is 0 Å². The van der Waals surface area contributed by atoms with Crippen molar-refractivity contribution >= 4 is 113 Å². The molecule has 2 aliphatic rings. The van der Waals surface area contributed by atoms with Crippen molar-refractivity contribution in [2.75, 3.05) is 0 Å². The van der Waals surface area contributed by atoms with Gasteiger partial charge in [0.2, 0.25) is 0 Å². The van der Waals surface area contributed by atoms with Gasteiger partial charge in [0.15, 0.2) is 0 Å². The molecular formula is C12H38O48P14. The molecule has 48 nitrogen and oxygen atoms in total. The van der Waals surface area contributed by atoms with Gasteiger partial charge in [0.25, 0.3) is 0 Å². The lowest BCUT2D eigenvalue weighted by Crippen LogP contribution is -2.66. The van der Waals surface area contributed by atoms with Gasteiger partial charge in [-0.1, -0.05) is 0 Å². The number of hydrogen-bond donors (Lipinski definition) is 22. The zero-order valence-corrected chi connectivity index (χ0v) is 46.9. The molecule has 0 amide bonds. The first-order valence-corrected chi connectivity index (χ1v) is 35.7. The zero-order chi connectivity index (χ0) is 58.8. The van der Waals surface area contributed by atoms with Gasteiger partial charge in [-0.2, -0.15) is 0 Å². The maximum atomic E-state index is 12.6. The standard InChI is InChI=1S/C6H20O24P8.C6H18O24P6/c7-33(8,9)23-1-2(24-34(10,11)12)4(26-36(16,17)18)6(28-38(22,29-31)30-32)5(27-37(19,20)21)3(1)25-35(13,14)15;7-31(8,9)25-1-2(26-32(10,11)12)4(28-34(16,17)18)6(30-36(22,23)24)5(29-35(19,20)21)3(1)27-33(13,14)15/h1-6H,31-32H2,(H2,7,8,9)(H2,10,11,12)(H2,13,14,15)(H2,16,17,18)(H2,19,20,21);1-6H,(H2,7,8,9)(H2,10,11,12)(H2,13,14,15)(H2,16,17,18)(H2,19,20,21)(H2,22,23,24)/t1?,2-,3+,4-,5-,6?;/m0./s1. The minimum atomic E-state index is -6.02. The lowest BCUT2D eigenvalue weighted by Gasteiger charge is -2.48. The Kier molecular flexibility index (Phi) is 26.9. The summed E-state index contributed by atoms with van der Waals surface area (Å²) < 4.78 is 198. The highest BCUT2D eigenvalue weighted by molar-refractivity contribution is 7.56. The predicted molar refractivity (Wildman–Crippen MR) is 220 cm³/mol. The van der Waals surface area contributed by atoms with Gasteiger partial charge in [0.1, 0.15) is 73.2 Å². The van der Waals surface area contributed by atoms with E-state index in [0.717, 1.165) is 0 Å². The SMILES string of the molecule is O=P(O)(O)OC1C(OP(=O)(O)O)C(OP(=O)(O)O)C(OP(=O)(O)O)C(OP(=O)(O)O)C1OP(=O)(O)O.O=P(O)(O)OC1[C@@H](OP(=O)(O)O)[C@H](OP(=O)(O)O)C(OP(=O)(OP)OP)[C@@H](OP(=O)(O)O)[C@H]1OP(=O)(O)O. The molecule has 0 spiro atoms. The summed E-state index contributed by atoms with van der Waals surface area (Å²) in [5.41, 5.74) is 0. The molecule has 0 aliphatic heterocycles. The van der Waals surface area contributed by atoms with E-state index < -0.39 is 167 Å². The van der Waals surface area contributed by atoms with E-state index in [1.807, 2.05) is 0 Å². The van der Waals surface area contributed by atoms with Crippen LogP contribution in [0.2, 0.25) is 0 Å². The van der Waals surface area contributed by atoms with Gasteiger partial charge < -0.3 is 108 Å². The third-order valence-electron chi connectivity index (χ3n) is 7.24. The summed E-state index contributed by atoms with van der Waals surface area (Å²) in [6.45, 7) is 0. The maximum absolute atomic E-state index is 12.6. The van der Waals surface area contributed by atoms with Crippen LogP contribution in [0.25, 0.3) is 0 Å². The molecule has 62 heteroatoms. The third kappa shape index (κ3) is 29.4. The Balaban J connectivity index is 0.000000741. The molecule has 2 fully saturated rings. The van der Waals surface area contributed by atoms with Crippen molar-refractivity contribution in [3.05, 3.63) is 0 Å². The Hall–Kier alpha value is 2.18. The van der Waals surface area contributed by atoms with Crippen LogP contribution in [0, 0.1) is 0 Å². The van der Waals surface area contributed by atoms with Gasteiger partial charge in [-0.15, -0.1) is 0 Å². The average Bonchev–Trinajstić information content (AvgIpc) is 3.08. The number of hydrogen-bond acceptors (Lipinski definition) is 26. The molecule has 2 rings (SSSR count). The van der Waals surface area contributed by atoms with Crippen molar-refractivity contribution in [1.82, 2.24) is 0 Å². The Morgan fingerprint density at radius 1 is 0.189 bits per heavy atom. The summed E-state index contributed by atoms with van der Waals surface area (Å²) in [6, 6.07) is 0. The lowest BCUT2D eigenvalue weighted by atomic mass is 9.85. The van der Waals surface area contributed by atoms with Crippen molar-refractivity contribution in [1.29, 1.82) is 0 Å². The van der Waals surface area contributed by atoms with Crippen LogP contribution >= 0.6 is 113 Å². The predicted octanol–water partition coefficient (Wildman–Crippen LogP) is -4.64. The average molecular weight is 1380 g/mol. The molecule has 2 saturated carbocycles. The van der Waals surface area contributed by atoms with Gasteiger partial charge >= 0.3 is 93.9 Å². The van der Waals surface area contributed by atoms with Crippen molar-refractivity contribution in [2.24, 2.45) is 0 Å². The molecular weight excluding hydrogens is 1350 g/mol. The van der Waals surface area contributed by atoms with E-state index >= 15 is 0 Å². The monoisotopic (exact) mass is 1380 g/mol. The molecule has 2 aliphatic carbocycles. The molecule has 0 aromatic rings. The molecule has 74 heavy (non-hydrogen) atoms. The third-order valence-corrected chi connectivity index (χ3v) is 15.5. The van der Waals surface area contributed by atoms with E-state index in [4.69, 9.17) is 63.2 Å². The van der Waals surface area contributed by atoms with Crippen LogP contribution in [0.4, 0.5) is 0 Å². The molecule has 4 unspecified atom stereocenters. The van der Waals surface area contributed by atoms with Gasteiger partial charge in [-0.05, 0) is 0 Å². The second-order valence-electron chi connectivity index (χ2n) is 12.9. The fraction of sp³-hybridized carbons (Fsp3) is 1.00. The fourth-order valence-electron chi connectivity index (χ4n) is 5.65. The summed E-state index contributed by atoms with van der Waals surface area (Å²) in [4.78, 5) is 202. The quantitative estimate of drug-likeness (QED) is 0.0362. The molecule has 0 saturated heterocycles. The highest BCUT2D eigenvalue weighted by atomic mass is 31.2. The second-order valence-corrected chi connectivity index (χ2v) is 28.8. The molecule has 0 aromatic carbocycles. The first-order valence-electron chi connectivity index (χ1n) is 16.4. The number of phosphoric acid groups is 12. The first kappa shape index (κ1) is 74.2. The van der Waals surface area contributed by atoms with E-state index in [-0.39, 0.29) is 0 Å². The fourth-order valence-corrected chi connectivity index (χ4v) is 13.4. The first-order chi connectivity index (χ1) is 32.3. The molecule has 444 valence electrons. The van der Waals surface area contributed by atoms with Crippen molar-refractivity contribution in [3.8, 4) is 0 Å². The summed E-state index contributed by atoms with van der Waals surface area (Å²) >= 11 is 0. The van der Waals surface area contributed by atoms with Crippen LogP contribution in [0.5, 0.6) is 0 Å². The summed E-state index contributed by atoms with van der Waals surface area (Å²) in [5.74, 6) is 0. The molecule has 22 N–H and O–H groups in total.